The third-order valence-electron chi connectivity index (χ3n) is 4.39. The Kier molecular flexibility index (Phi) is 3.87. The second-order valence-corrected chi connectivity index (χ2v) is 7.09. The molecule has 1 saturated heterocycles. The average Bonchev–Trinajstić information content (AvgIpc) is 3.31. The first kappa shape index (κ1) is 14.8. The number of aromatic nitrogens is 2. The Morgan fingerprint density at radius 3 is 3.13 bits per heavy atom. The molecule has 0 N–H and O–H groups in total. The van der Waals surface area contributed by atoms with E-state index < -0.39 is 0 Å². The molecular formula is C17H19N3O2S. The van der Waals surface area contributed by atoms with Crippen LogP contribution < -0.4 is 0 Å². The zero-order chi connectivity index (χ0) is 15.8. The minimum absolute atomic E-state index is 0.0790. The zero-order valence-electron chi connectivity index (χ0n) is 13.1. The molecule has 0 bridgehead atoms. The van der Waals surface area contributed by atoms with E-state index in [1.54, 1.807) is 11.3 Å². The van der Waals surface area contributed by atoms with Crippen LogP contribution in [0.25, 0.3) is 0 Å². The van der Waals surface area contributed by atoms with Crippen molar-refractivity contribution in [3.05, 3.63) is 45.2 Å². The molecular weight excluding hydrogens is 310 g/mol. The van der Waals surface area contributed by atoms with Crippen LogP contribution in [0, 0.1) is 0 Å². The zero-order valence-corrected chi connectivity index (χ0v) is 13.9. The number of carbonyl (C=O) groups excluding carboxylic acids is 1. The molecule has 1 amide bonds. The van der Waals surface area contributed by atoms with E-state index in [0.717, 1.165) is 52.7 Å². The van der Waals surface area contributed by atoms with Gasteiger partial charge in [-0.25, -0.2) is 9.97 Å². The van der Waals surface area contributed by atoms with Gasteiger partial charge in [0.1, 0.15) is 5.82 Å². The summed E-state index contributed by atoms with van der Waals surface area (Å²) in [5.74, 6) is 0.921. The van der Waals surface area contributed by atoms with E-state index in [1.807, 2.05) is 30.2 Å². The Morgan fingerprint density at radius 2 is 2.35 bits per heavy atom. The quantitative estimate of drug-likeness (QED) is 0.868. The van der Waals surface area contributed by atoms with Crippen molar-refractivity contribution in [3.8, 4) is 0 Å². The molecule has 5 nitrogen and oxygen atoms in total. The van der Waals surface area contributed by atoms with Gasteiger partial charge in [-0.05, 0) is 25.0 Å². The molecule has 1 atom stereocenters. The Hall–Kier alpha value is -1.79. The van der Waals surface area contributed by atoms with Gasteiger partial charge in [0.25, 0.3) is 5.91 Å². The van der Waals surface area contributed by atoms with Crippen LogP contribution in [0.1, 0.15) is 57.5 Å². The lowest BCUT2D eigenvalue weighted by atomic mass is 10.2. The largest absolute Gasteiger partial charge is 0.373 e. The summed E-state index contributed by atoms with van der Waals surface area (Å²) < 4.78 is 5.70. The van der Waals surface area contributed by atoms with Crippen LogP contribution >= 0.6 is 11.3 Å². The maximum Gasteiger partial charge on any atom is 0.264 e. The minimum Gasteiger partial charge on any atom is -0.373 e. The van der Waals surface area contributed by atoms with Gasteiger partial charge in [0, 0.05) is 36.2 Å². The van der Waals surface area contributed by atoms with Gasteiger partial charge in [-0.3, -0.25) is 4.79 Å². The molecule has 0 saturated carbocycles. The number of amides is 1. The lowest BCUT2D eigenvalue weighted by Crippen LogP contribution is -2.24. The Morgan fingerprint density at radius 1 is 1.43 bits per heavy atom. The molecule has 0 unspecified atom stereocenters. The number of ether oxygens (including phenoxy) is 1. The van der Waals surface area contributed by atoms with Gasteiger partial charge in [0.05, 0.1) is 23.2 Å². The highest BCUT2D eigenvalue weighted by Crippen LogP contribution is 2.34. The van der Waals surface area contributed by atoms with E-state index in [2.05, 4.69) is 9.97 Å². The van der Waals surface area contributed by atoms with Crippen molar-refractivity contribution in [2.24, 2.45) is 0 Å². The van der Waals surface area contributed by atoms with Gasteiger partial charge in [-0.15, -0.1) is 11.3 Å². The van der Waals surface area contributed by atoms with Crippen molar-refractivity contribution in [1.82, 2.24) is 14.9 Å². The third-order valence-corrected chi connectivity index (χ3v) is 5.56. The maximum atomic E-state index is 12.7. The van der Waals surface area contributed by atoms with E-state index in [9.17, 15) is 4.79 Å². The predicted molar refractivity (Wildman–Crippen MR) is 87.2 cm³/mol. The number of fused-ring (bicyclic) bond motifs is 1. The molecule has 2 aliphatic heterocycles. The molecule has 2 aromatic heterocycles. The highest BCUT2D eigenvalue weighted by molar-refractivity contribution is 7.14. The number of hydrogen-bond donors (Lipinski definition) is 0. The van der Waals surface area contributed by atoms with Gasteiger partial charge in [-0.2, -0.15) is 0 Å². The van der Waals surface area contributed by atoms with Crippen molar-refractivity contribution >= 4 is 17.2 Å². The molecule has 4 rings (SSSR count). The highest BCUT2D eigenvalue weighted by Gasteiger charge is 2.28. The molecule has 2 aromatic rings. The van der Waals surface area contributed by atoms with E-state index in [1.165, 1.54) is 0 Å². The van der Waals surface area contributed by atoms with Gasteiger partial charge in [0.15, 0.2) is 0 Å². The number of thiophene rings is 1. The summed E-state index contributed by atoms with van der Waals surface area (Å²) in [6.45, 7) is 4.05. The van der Waals surface area contributed by atoms with Crippen molar-refractivity contribution < 1.29 is 9.53 Å². The van der Waals surface area contributed by atoms with Crippen LogP contribution in [-0.2, 0) is 24.2 Å². The second kappa shape index (κ2) is 6.02. The smallest absolute Gasteiger partial charge is 0.264 e. The first-order valence-electron chi connectivity index (χ1n) is 8.09. The normalized spacial score (nSPS) is 20.0. The molecule has 6 heteroatoms. The van der Waals surface area contributed by atoms with Gasteiger partial charge in [0.2, 0.25) is 0 Å². The van der Waals surface area contributed by atoms with Crippen LogP contribution in [0.3, 0.4) is 0 Å². The summed E-state index contributed by atoms with van der Waals surface area (Å²) in [6.07, 6.45) is 5.01. The number of hydrogen-bond acceptors (Lipinski definition) is 5. The fourth-order valence-corrected chi connectivity index (χ4v) is 4.17. The summed E-state index contributed by atoms with van der Waals surface area (Å²) in [7, 11) is 0. The fraction of sp³-hybridized carbons (Fsp3) is 0.471. The Bertz CT molecular complexity index is 737. The van der Waals surface area contributed by atoms with Gasteiger partial charge < -0.3 is 9.64 Å². The second-order valence-electron chi connectivity index (χ2n) is 5.98. The first-order valence-corrected chi connectivity index (χ1v) is 8.90. The minimum atomic E-state index is 0.0790. The summed E-state index contributed by atoms with van der Waals surface area (Å²) in [5, 5.41) is 0. The van der Waals surface area contributed by atoms with E-state index >= 15 is 0 Å². The maximum absolute atomic E-state index is 12.7. The fourth-order valence-electron chi connectivity index (χ4n) is 3.11. The number of aryl methyl sites for hydroxylation is 1. The molecule has 0 aromatic carbocycles. The summed E-state index contributed by atoms with van der Waals surface area (Å²) >= 11 is 1.56. The molecule has 2 aliphatic rings. The summed E-state index contributed by atoms with van der Waals surface area (Å²) in [6, 6.07) is 3.96. The van der Waals surface area contributed by atoms with Crippen LogP contribution in [0.15, 0.2) is 18.3 Å². The number of rotatable bonds is 3. The van der Waals surface area contributed by atoms with E-state index in [4.69, 9.17) is 4.74 Å². The van der Waals surface area contributed by atoms with Gasteiger partial charge in [-0.1, -0.05) is 6.92 Å². The van der Waals surface area contributed by atoms with Crippen LogP contribution in [0.5, 0.6) is 0 Å². The lowest BCUT2D eigenvalue weighted by molar-refractivity contribution is 0.0755. The average molecular weight is 329 g/mol. The Labute approximate surface area is 139 Å². The molecule has 23 heavy (non-hydrogen) atoms. The van der Waals surface area contributed by atoms with Crippen LogP contribution in [0.2, 0.25) is 0 Å². The van der Waals surface area contributed by atoms with E-state index in [-0.39, 0.29) is 12.0 Å². The van der Waals surface area contributed by atoms with Crippen molar-refractivity contribution in [1.29, 1.82) is 0 Å². The number of nitrogens with zero attached hydrogens (tertiary/aromatic N) is 3. The predicted octanol–water partition coefficient (Wildman–Crippen LogP) is 3.11. The van der Waals surface area contributed by atoms with Crippen molar-refractivity contribution in [2.45, 2.75) is 45.4 Å². The number of carbonyl (C=O) groups is 1. The molecule has 0 spiro atoms. The Balaban J connectivity index is 1.50. The van der Waals surface area contributed by atoms with Crippen molar-refractivity contribution in [2.75, 3.05) is 6.61 Å². The van der Waals surface area contributed by atoms with Gasteiger partial charge >= 0.3 is 0 Å². The molecule has 120 valence electrons. The lowest BCUT2D eigenvalue weighted by Gasteiger charge is -2.13. The van der Waals surface area contributed by atoms with Crippen LogP contribution in [0.4, 0.5) is 0 Å². The topological polar surface area (TPSA) is 55.3 Å². The molecule has 0 aliphatic carbocycles. The van der Waals surface area contributed by atoms with E-state index in [0.29, 0.717) is 13.1 Å². The molecule has 1 fully saturated rings. The summed E-state index contributed by atoms with van der Waals surface area (Å²) in [5.41, 5.74) is 2.05. The monoisotopic (exact) mass is 329 g/mol. The summed E-state index contributed by atoms with van der Waals surface area (Å²) in [4.78, 5) is 25.4. The highest BCUT2D eigenvalue weighted by atomic mass is 32.1. The molecule has 0 radical (unpaired) electrons. The SMILES string of the molecule is CCc1ncc2c(n1)CN(C(=O)c1ccc([C@H]3CCCO3)s1)C2. The first-order chi connectivity index (χ1) is 11.2. The van der Waals surface area contributed by atoms with Crippen molar-refractivity contribution in [3.63, 3.8) is 0 Å². The third kappa shape index (κ3) is 2.77. The molecule has 4 heterocycles. The standard InChI is InChI=1S/C17H19N3O2S/c1-2-16-18-8-11-9-20(10-12(11)19-16)17(21)15-6-5-14(23-15)13-4-3-7-22-13/h5-6,8,13H,2-4,7,9-10H2,1H3/t13-/m1/s1. The van der Waals surface area contributed by atoms with Crippen LogP contribution in [-0.4, -0.2) is 27.4 Å².